The Hall–Kier alpha value is -1.58. The number of nitrogens with zero attached hydrogens (tertiary/aromatic N) is 2. The SMILES string of the molecule is CC(C)Cc1cc(C(=O)O)cc(N(C)C)n1. The lowest BCUT2D eigenvalue weighted by atomic mass is 10.1. The van der Waals surface area contributed by atoms with Crippen molar-refractivity contribution in [3.8, 4) is 0 Å². The maximum absolute atomic E-state index is 11.0. The third-order valence-electron chi connectivity index (χ3n) is 2.19. The summed E-state index contributed by atoms with van der Waals surface area (Å²) in [7, 11) is 3.71. The third-order valence-corrected chi connectivity index (χ3v) is 2.19. The first-order chi connectivity index (χ1) is 7.40. The molecule has 0 aromatic carbocycles. The topological polar surface area (TPSA) is 53.4 Å². The van der Waals surface area contributed by atoms with Gasteiger partial charge in [0.2, 0.25) is 0 Å². The predicted octanol–water partition coefficient (Wildman–Crippen LogP) is 2.04. The van der Waals surface area contributed by atoms with Gasteiger partial charge in [0.15, 0.2) is 0 Å². The van der Waals surface area contributed by atoms with Crippen LogP contribution in [0.1, 0.15) is 29.9 Å². The Morgan fingerprint density at radius 2 is 2.06 bits per heavy atom. The van der Waals surface area contributed by atoms with Gasteiger partial charge in [-0.25, -0.2) is 9.78 Å². The number of anilines is 1. The van der Waals surface area contributed by atoms with Crippen molar-refractivity contribution in [2.24, 2.45) is 5.92 Å². The highest BCUT2D eigenvalue weighted by molar-refractivity contribution is 5.88. The van der Waals surface area contributed by atoms with Crippen LogP contribution < -0.4 is 4.90 Å². The Kier molecular flexibility index (Phi) is 3.88. The summed E-state index contributed by atoms with van der Waals surface area (Å²) in [4.78, 5) is 17.2. The first-order valence-corrected chi connectivity index (χ1v) is 5.31. The lowest BCUT2D eigenvalue weighted by Gasteiger charge is -2.14. The van der Waals surface area contributed by atoms with Crippen LogP contribution in [0.4, 0.5) is 5.82 Å². The summed E-state index contributed by atoms with van der Waals surface area (Å²) in [6.45, 7) is 4.18. The van der Waals surface area contributed by atoms with Gasteiger partial charge in [0.1, 0.15) is 5.82 Å². The van der Waals surface area contributed by atoms with Crippen LogP contribution in [0.2, 0.25) is 0 Å². The van der Waals surface area contributed by atoms with E-state index in [2.05, 4.69) is 18.8 Å². The molecule has 0 atom stereocenters. The zero-order valence-corrected chi connectivity index (χ0v) is 10.2. The monoisotopic (exact) mass is 222 g/mol. The Balaban J connectivity index is 3.13. The van der Waals surface area contributed by atoms with Crippen LogP contribution in [0, 0.1) is 5.92 Å². The van der Waals surface area contributed by atoms with Crippen LogP contribution in [0.3, 0.4) is 0 Å². The van der Waals surface area contributed by atoms with Gasteiger partial charge in [-0.15, -0.1) is 0 Å². The van der Waals surface area contributed by atoms with Gasteiger partial charge in [0.25, 0.3) is 0 Å². The summed E-state index contributed by atoms with van der Waals surface area (Å²) in [6.07, 6.45) is 0.794. The number of rotatable bonds is 4. The highest BCUT2D eigenvalue weighted by atomic mass is 16.4. The molecule has 0 aliphatic carbocycles. The summed E-state index contributed by atoms with van der Waals surface area (Å²) in [6, 6.07) is 3.24. The molecule has 0 saturated carbocycles. The molecule has 1 aromatic rings. The Morgan fingerprint density at radius 3 is 2.50 bits per heavy atom. The molecule has 0 aliphatic rings. The van der Waals surface area contributed by atoms with Crippen LogP contribution in [-0.2, 0) is 6.42 Å². The summed E-state index contributed by atoms with van der Waals surface area (Å²) in [5.74, 6) is 0.248. The van der Waals surface area contributed by atoms with E-state index in [0.29, 0.717) is 17.3 Å². The van der Waals surface area contributed by atoms with Gasteiger partial charge in [-0.2, -0.15) is 0 Å². The van der Waals surface area contributed by atoms with Crippen LogP contribution in [0.5, 0.6) is 0 Å². The van der Waals surface area contributed by atoms with E-state index in [1.165, 1.54) is 0 Å². The maximum Gasteiger partial charge on any atom is 0.335 e. The van der Waals surface area contributed by atoms with E-state index in [1.807, 2.05) is 19.0 Å². The van der Waals surface area contributed by atoms with E-state index in [1.54, 1.807) is 12.1 Å². The minimum atomic E-state index is -0.907. The zero-order chi connectivity index (χ0) is 12.3. The zero-order valence-electron chi connectivity index (χ0n) is 10.2. The molecule has 0 unspecified atom stereocenters. The van der Waals surface area contributed by atoms with Gasteiger partial charge in [-0.05, 0) is 24.5 Å². The molecule has 0 saturated heterocycles. The van der Waals surface area contributed by atoms with E-state index in [9.17, 15) is 4.79 Å². The Bertz CT molecular complexity index is 387. The molecular formula is C12H18N2O2. The number of aromatic nitrogens is 1. The minimum absolute atomic E-state index is 0.300. The van der Waals surface area contributed by atoms with Gasteiger partial charge in [0.05, 0.1) is 5.56 Å². The molecule has 1 aromatic heterocycles. The number of hydrogen-bond donors (Lipinski definition) is 1. The molecule has 4 heteroatoms. The molecule has 16 heavy (non-hydrogen) atoms. The van der Waals surface area contributed by atoms with Gasteiger partial charge < -0.3 is 10.0 Å². The van der Waals surface area contributed by atoms with Crippen LogP contribution in [0.15, 0.2) is 12.1 Å². The normalized spacial score (nSPS) is 10.6. The van der Waals surface area contributed by atoms with E-state index < -0.39 is 5.97 Å². The van der Waals surface area contributed by atoms with Crippen LogP contribution in [-0.4, -0.2) is 30.2 Å². The first kappa shape index (κ1) is 12.5. The van der Waals surface area contributed by atoms with E-state index in [4.69, 9.17) is 5.11 Å². The first-order valence-electron chi connectivity index (χ1n) is 5.31. The van der Waals surface area contributed by atoms with Crippen molar-refractivity contribution in [1.82, 2.24) is 4.98 Å². The van der Waals surface area contributed by atoms with Crippen molar-refractivity contribution in [3.63, 3.8) is 0 Å². The van der Waals surface area contributed by atoms with Crippen molar-refractivity contribution < 1.29 is 9.90 Å². The molecule has 1 rings (SSSR count). The predicted molar refractivity (Wildman–Crippen MR) is 64.1 cm³/mol. The molecular weight excluding hydrogens is 204 g/mol. The van der Waals surface area contributed by atoms with Gasteiger partial charge in [-0.1, -0.05) is 13.8 Å². The molecule has 4 nitrogen and oxygen atoms in total. The smallest absolute Gasteiger partial charge is 0.335 e. The number of pyridine rings is 1. The fourth-order valence-corrected chi connectivity index (χ4v) is 1.45. The summed E-state index contributed by atoms with van der Waals surface area (Å²) < 4.78 is 0. The van der Waals surface area contributed by atoms with Gasteiger partial charge >= 0.3 is 5.97 Å². The van der Waals surface area contributed by atoms with Gasteiger partial charge in [-0.3, -0.25) is 0 Å². The fraction of sp³-hybridized carbons (Fsp3) is 0.500. The third kappa shape index (κ3) is 3.22. The largest absolute Gasteiger partial charge is 0.478 e. The maximum atomic E-state index is 11.0. The minimum Gasteiger partial charge on any atom is -0.478 e. The molecule has 0 aliphatic heterocycles. The molecule has 0 fully saturated rings. The molecule has 1 heterocycles. The fourth-order valence-electron chi connectivity index (χ4n) is 1.45. The number of carboxylic acids is 1. The average molecular weight is 222 g/mol. The number of carbonyl (C=O) groups is 1. The number of aromatic carboxylic acids is 1. The molecule has 0 spiro atoms. The van der Waals surface area contributed by atoms with Crippen molar-refractivity contribution in [1.29, 1.82) is 0 Å². The summed E-state index contributed by atoms with van der Waals surface area (Å²) in [5, 5.41) is 9.00. The van der Waals surface area contributed by atoms with Crippen LogP contribution >= 0.6 is 0 Å². The molecule has 88 valence electrons. The highest BCUT2D eigenvalue weighted by Gasteiger charge is 2.10. The second-order valence-corrected chi connectivity index (χ2v) is 4.50. The van der Waals surface area contributed by atoms with E-state index in [-0.39, 0.29) is 0 Å². The molecule has 1 N–H and O–H groups in total. The lowest BCUT2D eigenvalue weighted by molar-refractivity contribution is 0.0696. The number of carboxylic acid groups (broad SMARTS) is 1. The standard InChI is InChI=1S/C12H18N2O2/c1-8(2)5-10-6-9(12(15)16)7-11(13-10)14(3)4/h6-8H,5H2,1-4H3,(H,15,16). The molecule has 0 bridgehead atoms. The summed E-state index contributed by atoms with van der Waals surface area (Å²) >= 11 is 0. The van der Waals surface area contributed by atoms with E-state index >= 15 is 0 Å². The van der Waals surface area contributed by atoms with Crippen molar-refractivity contribution >= 4 is 11.8 Å². The van der Waals surface area contributed by atoms with Crippen LogP contribution in [0.25, 0.3) is 0 Å². The quantitative estimate of drug-likeness (QED) is 0.847. The number of hydrogen-bond acceptors (Lipinski definition) is 3. The average Bonchev–Trinajstić information content (AvgIpc) is 2.15. The molecule has 0 amide bonds. The second-order valence-electron chi connectivity index (χ2n) is 4.50. The second kappa shape index (κ2) is 4.96. The Labute approximate surface area is 95.9 Å². The van der Waals surface area contributed by atoms with Crippen molar-refractivity contribution in [3.05, 3.63) is 23.4 Å². The lowest BCUT2D eigenvalue weighted by Crippen LogP contribution is -2.14. The summed E-state index contributed by atoms with van der Waals surface area (Å²) in [5.41, 5.74) is 1.13. The highest BCUT2D eigenvalue weighted by Crippen LogP contribution is 2.15. The Morgan fingerprint density at radius 1 is 1.44 bits per heavy atom. The van der Waals surface area contributed by atoms with Gasteiger partial charge in [0, 0.05) is 19.8 Å². The van der Waals surface area contributed by atoms with Crippen molar-refractivity contribution in [2.75, 3.05) is 19.0 Å². The van der Waals surface area contributed by atoms with E-state index in [0.717, 1.165) is 12.1 Å². The molecule has 0 radical (unpaired) electrons. The van der Waals surface area contributed by atoms with Crippen molar-refractivity contribution in [2.45, 2.75) is 20.3 Å².